The third kappa shape index (κ3) is 11.8. The van der Waals surface area contributed by atoms with Gasteiger partial charge in [-0.05, 0) is 78.8 Å². The molecule has 2 fully saturated rings. The second kappa shape index (κ2) is 23.2. The molecule has 2 saturated heterocycles. The maximum atomic E-state index is 16.5. The number of nitrogens with zero attached hydrogens (tertiary/aromatic N) is 4. The van der Waals surface area contributed by atoms with Gasteiger partial charge in [0.05, 0.1) is 43.0 Å². The summed E-state index contributed by atoms with van der Waals surface area (Å²) in [6.45, 7) is 4.78. The van der Waals surface area contributed by atoms with Crippen molar-refractivity contribution in [3.8, 4) is 33.6 Å². The Morgan fingerprint density at radius 2 is 1.40 bits per heavy atom. The van der Waals surface area contributed by atoms with Crippen LogP contribution < -0.4 is 10.6 Å². The summed E-state index contributed by atoms with van der Waals surface area (Å²) in [5.41, 5.74) is 5.80. The van der Waals surface area contributed by atoms with Gasteiger partial charge in [0, 0.05) is 38.4 Å². The van der Waals surface area contributed by atoms with Crippen molar-refractivity contribution >= 4 is 29.9 Å². The fourth-order valence-electron chi connectivity index (χ4n) is 8.39. The minimum absolute atomic E-state index is 0.0739. The predicted octanol–water partition coefficient (Wildman–Crippen LogP) is 8.41. The highest BCUT2D eigenvalue weighted by Gasteiger charge is 2.37. The summed E-state index contributed by atoms with van der Waals surface area (Å²) >= 11 is 0. The summed E-state index contributed by atoms with van der Waals surface area (Å²) in [7, 11) is 4.50. The molecule has 1 aliphatic carbocycles. The number of amides is 4. The molecule has 5 aromatic rings. The molecule has 2 unspecified atom stereocenters. The Labute approximate surface area is 379 Å². The van der Waals surface area contributed by atoms with E-state index in [1.807, 2.05) is 86.7 Å². The van der Waals surface area contributed by atoms with E-state index in [2.05, 4.69) is 52.2 Å². The highest BCUT2D eigenvalue weighted by Crippen LogP contribution is 2.39. The van der Waals surface area contributed by atoms with Crippen molar-refractivity contribution in [3.63, 3.8) is 0 Å². The maximum absolute atomic E-state index is 16.5. The number of hydrogen-bond donors (Lipinski definition) is 4. The first kappa shape index (κ1) is 47.6. The first-order chi connectivity index (χ1) is 31.6. The second-order valence-electron chi connectivity index (χ2n) is 16.3. The second-order valence-corrected chi connectivity index (χ2v) is 16.3. The molecule has 14 nitrogen and oxygen atoms in total. The number of ether oxygens (including phenoxy) is 2. The van der Waals surface area contributed by atoms with Crippen molar-refractivity contribution < 1.29 is 33.0 Å². The fraction of sp³-hybridized carbons (Fsp3) is 0.360. The number of aromatic nitrogens is 4. The van der Waals surface area contributed by atoms with Crippen molar-refractivity contribution in [3.05, 3.63) is 126 Å². The van der Waals surface area contributed by atoms with Gasteiger partial charge in [0.25, 0.3) is 0 Å². The van der Waals surface area contributed by atoms with Gasteiger partial charge in [0.2, 0.25) is 18.2 Å². The number of hydrogen-bond acceptors (Lipinski definition) is 8. The van der Waals surface area contributed by atoms with Gasteiger partial charge in [-0.15, -0.1) is 0 Å². The molecule has 65 heavy (non-hydrogen) atoms. The van der Waals surface area contributed by atoms with Gasteiger partial charge in [-0.1, -0.05) is 92.7 Å². The van der Waals surface area contributed by atoms with Crippen molar-refractivity contribution in [2.45, 2.75) is 70.5 Å². The Morgan fingerprint density at radius 3 is 1.95 bits per heavy atom. The molecule has 4 heterocycles. The smallest absolute Gasteiger partial charge is 0.407 e. The molecular weight excluding hydrogens is 828 g/mol. The highest BCUT2D eigenvalue weighted by atomic mass is 19.1. The summed E-state index contributed by atoms with van der Waals surface area (Å²) in [4.78, 5) is 68.6. The number of methoxy groups -OCH3 is 2. The van der Waals surface area contributed by atoms with Crippen LogP contribution in [0.25, 0.3) is 39.2 Å². The van der Waals surface area contributed by atoms with E-state index in [-0.39, 0.29) is 42.2 Å². The number of alkyl carbamates (subject to hydrolysis) is 1. The lowest BCUT2D eigenvalue weighted by Crippen LogP contribution is -2.48. The third-order valence-corrected chi connectivity index (χ3v) is 11.5. The molecule has 0 spiro atoms. The topological polar surface area (TPSA) is 175 Å². The van der Waals surface area contributed by atoms with Gasteiger partial charge in [-0.3, -0.25) is 14.4 Å². The van der Waals surface area contributed by atoms with Gasteiger partial charge in [0.15, 0.2) is 0 Å². The summed E-state index contributed by atoms with van der Waals surface area (Å²) < 4.78 is 25.4. The van der Waals surface area contributed by atoms with Crippen LogP contribution >= 0.6 is 0 Å². The number of allylic oxidation sites excluding steroid dienone is 4. The number of benzene rings is 3. The van der Waals surface area contributed by atoms with E-state index in [4.69, 9.17) is 0 Å². The van der Waals surface area contributed by atoms with Gasteiger partial charge in [0.1, 0.15) is 30.1 Å². The number of carbonyl (C=O) groups excluding carboxylic acids is 4. The van der Waals surface area contributed by atoms with Crippen LogP contribution in [0.15, 0.2) is 103 Å². The zero-order chi connectivity index (χ0) is 46.3. The number of likely N-dealkylation sites (tertiary alicyclic amines) is 2. The van der Waals surface area contributed by atoms with E-state index in [9.17, 15) is 19.2 Å². The van der Waals surface area contributed by atoms with E-state index in [1.165, 1.54) is 13.2 Å². The molecule has 4 amide bonds. The van der Waals surface area contributed by atoms with Crippen LogP contribution in [0.3, 0.4) is 0 Å². The number of nitrogens with one attached hydrogen (secondary N) is 4. The SMILES string of the molecule is COC.COC(=O)NCC(=O)N1CCCC1c1ncc(-c2ccc(-c3c(F)cc(-c4cnc([C@@H]5CCCN5C(=O)C(NC=O)C(C)C)[nH]4)cc3C3=CCCC=C3)cc2)[nH]1.c1ccccc1. The minimum Gasteiger partial charge on any atom is -0.453 e. The number of carbonyl (C=O) groups is 4. The van der Waals surface area contributed by atoms with Crippen LogP contribution in [0.4, 0.5) is 9.18 Å². The number of halogens is 1. The highest BCUT2D eigenvalue weighted by molar-refractivity contribution is 5.89. The van der Waals surface area contributed by atoms with E-state index in [0.717, 1.165) is 60.9 Å². The van der Waals surface area contributed by atoms with Crippen LogP contribution in [-0.2, 0) is 23.9 Å². The molecular formula is C50H59FN8O6. The van der Waals surface area contributed by atoms with Gasteiger partial charge in [-0.2, -0.15) is 0 Å². The van der Waals surface area contributed by atoms with E-state index < -0.39 is 12.1 Å². The Bertz CT molecular complexity index is 2400. The van der Waals surface area contributed by atoms with Crippen LogP contribution in [0.2, 0.25) is 0 Å². The Hall–Kier alpha value is -6.87. The van der Waals surface area contributed by atoms with Crippen molar-refractivity contribution in [2.24, 2.45) is 5.92 Å². The zero-order valence-corrected chi connectivity index (χ0v) is 37.7. The quantitative estimate of drug-likeness (QED) is 0.0904. The number of H-pyrrole nitrogens is 2. The summed E-state index contributed by atoms with van der Waals surface area (Å²) in [5, 5.41) is 5.13. The van der Waals surface area contributed by atoms with Crippen LogP contribution in [-0.4, -0.2) is 101 Å². The van der Waals surface area contributed by atoms with Crippen LogP contribution in [0.5, 0.6) is 0 Å². The van der Waals surface area contributed by atoms with Crippen molar-refractivity contribution in [1.82, 2.24) is 40.4 Å². The minimum atomic E-state index is -0.659. The van der Waals surface area contributed by atoms with E-state index in [0.29, 0.717) is 53.5 Å². The molecule has 3 atom stereocenters. The molecule has 0 bridgehead atoms. The summed E-state index contributed by atoms with van der Waals surface area (Å²) in [6, 6.07) is 22.0. The average Bonchev–Trinajstić information content (AvgIpc) is 4.18. The monoisotopic (exact) mass is 886 g/mol. The first-order valence-corrected chi connectivity index (χ1v) is 22.0. The first-order valence-electron chi connectivity index (χ1n) is 22.0. The van der Waals surface area contributed by atoms with E-state index in [1.54, 1.807) is 36.4 Å². The largest absolute Gasteiger partial charge is 0.453 e. The summed E-state index contributed by atoms with van der Waals surface area (Å²) in [5.74, 6) is 0.487. The van der Waals surface area contributed by atoms with Crippen LogP contribution in [0, 0.1) is 11.7 Å². The van der Waals surface area contributed by atoms with Crippen molar-refractivity contribution in [2.75, 3.05) is 41.0 Å². The van der Waals surface area contributed by atoms with Gasteiger partial charge >= 0.3 is 6.09 Å². The van der Waals surface area contributed by atoms with Gasteiger partial charge < -0.3 is 39.9 Å². The van der Waals surface area contributed by atoms with Crippen molar-refractivity contribution in [1.29, 1.82) is 0 Å². The standard InChI is InChI=1S/C42H47FN8O5.C6H6.C2H6O/c1-25(2)38(47-24-52)41(54)51-18-8-12-35(51)40-45-22-33(49-40)29-19-30(26-9-5-4-6-10-26)37(31(43)20-29)28-15-13-27(14-16-28)32-21-44-39(48-32)34-11-7-17-50(34)36(53)23-46-42(55)56-3;1-2-4-6-5-3-1;1-3-2/h5,9-10,13-16,19-22,24-25,34-35,38H,4,6-8,11-12,17-18,23H2,1-3H3,(H,44,48)(H,45,49)(H,46,55)(H,47,52);1-6H;1-2H3/t34?,35-,38?;;/m0../s1. The molecule has 2 aliphatic heterocycles. The molecule has 4 N–H and O–H groups in total. The molecule has 0 radical (unpaired) electrons. The predicted molar refractivity (Wildman–Crippen MR) is 248 cm³/mol. The molecule has 15 heteroatoms. The lowest BCUT2D eigenvalue weighted by molar-refractivity contribution is -0.137. The van der Waals surface area contributed by atoms with Gasteiger partial charge in [-0.25, -0.2) is 19.2 Å². The number of rotatable bonds is 12. The molecule has 3 aromatic carbocycles. The molecule has 3 aliphatic rings. The normalized spacial score (nSPS) is 17.0. The number of aromatic amines is 2. The Balaban J connectivity index is 0.000000702. The van der Waals surface area contributed by atoms with E-state index >= 15 is 4.39 Å². The number of imidazole rings is 2. The molecule has 342 valence electrons. The summed E-state index contributed by atoms with van der Waals surface area (Å²) in [6.07, 6.45) is 14.5. The lowest BCUT2D eigenvalue weighted by atomic mass is 9.89. The third-order valence-electron chi connectivity index (χ3n) is 11.5. The maximum Gasteiger partial charge on any atom is 0.407 e. The average molecular weight is 887 g/mol. The molecule has 0 saturated carbocycles. The lowest BCUT2D eigenvalue weighted by Gasteiger charge is -2.29. The molecule has 2 aromatic heterocycles. The molecule has 8 rings (SSSR count). The Kier molecular flexibility index (Phi) is 17.0. The fourth-order valence-corrected chi connectivity index (χ4v) is 8.39. The zero-order valence-electron chi connectivity index (χ0n) is 37.7. The van der Waals surface area contributed by atoms with Crippen LogP contribution in [0.1, 0.15) is 81.7 Å². The Morgan fingerprint density at radius 1 is 0.831 bits per heavy atom.